The predicted octanol–water partition coefficient (Wildman–Crippen LogP) is 3.21. The average Bonchev–Trinajstić information content (AvgIpc) is 3.00. The monoisotopic (exact) mass is 411 g/mol. The van der Waals surface area contributed by atoms with Crippen molar-refractivity contribution in [1.29, 1.82) is 0 Å². The Hall–Kier alpha value is -2.97. The van der Waals surface area contributed by atoms with Gasteiger partial charge in [-0.3, -0.25) is 18.0 Å². The Bertz CT molecular complexity index is 1060. The van der Waals surface area contributed by atoms with Crippen molar-refractivity contribution in [3.63, 3.8) is 0 Å². The minimum absolute atomic E-state index is 0.282. The average molecular weight is 412 g/mol. The predicted molar refractivity (Wildman–Crippen MR) is 113 cm³/mol. The number of amides is 1. The zero-order valence-electron chi connectivity index (χ0n) is 16.8. The molecule has 7 nitrogen and oxygen atoms in total. The molecule has 1 unspecified atom stereocenters. The number of rotatable bonds is 6. The summed E-state index contributed by atoms with van der Waals surface area (Å²) in [4.78, 5) is 12.7. The highest BCUT2D eigenvalue weighted by Crippen LogP contribution is 2.30. The molecule has 0 saturated heterocycles. The molecule has 0 aliphatic heterocycles. The lowest BCUT2D eigenvalue weighted by Gasteiger charge is -2.28. The minimum Gasteiger partial charge on any atom is -0.755 e. The largest absolute Gasteiger partial charge is 0.755 e. The summed E-state index contributed by atoms with van der Waals surface area (Å²) in [5.41, 5.74) is 4.88. The lowest BCUT2D eigenvalue weighted by atomic mass is 10.1. The first-order valence-electron chi connectivity index (χ1n) is 9.10. The van der Waals surface area contributed by atoms with Crippen LogP contribution >= 0.6 is 0 Å². The first kappa shape index (κ1) is 20.8. The van der Waals surface area contributed by atoms with Crippen LogP contribution in [-0.4, -0.2) is 24.4 Å². The maximum Gasteiger partial charge on any atom is 0.251 e. The van der Waals surface area contributed by atoms with E-state index < -0.39 is 11.3 Å². The molecule has 3 rings (SSSR count). The van der Waals surface area contributed by atoms with E-state index in [2.05, 4.69) is 10.4 Å². The van der Waals surface area contributed by atoms with E-state index >= 15 is 0 Å². The molecule has 0 saturated carbocycles. The molecular weight excluding hydrogens is 388 g/mol. The van der Waals surface area contributed by atoms with E-state index in [4.69, 9.17) is 0 Å². The van der Waals surface area contributed by atoms with Crippen molar-refractivity contribution in [2.75, 3.05) is 4.31 Å². The summed E-state index contributed by atoms with van der Waals surface area (Å²) in [6.07, 6.45) is 1.86. The van der Waals surface area contributed by atoms with Gasteiger partial charge in [0.25, 0.3) is 5.91 Å². The molecule has 1 N–H and O–H groups in total. The number of carbonyl (C=O) groups excluding carboxylic acids is 1. The number of aryl methyl sites for hydroxylation is 4. The maximum absolute atomic E-state index is 12.7. The first-order valence-corrected chi connectivity index (χ1v) is 10.1. The molecule has 3 aromatic rings. The Balaban J connectivity index is 1.87. The normalized spacial score (nSPS) is 11.9. The fourth-order valence-electron chi connectivity index (χ4n) is 3.05. The zero-order chi connectivity index (χ0) is 21.1. The van der Waals surface area contributed by atoms with Crippen molar-refractivity contribution in [3.8, 4) is 0 Å². The highest BCUT2D eigenvalue weighted by Gasteiger charge is 2.16. The van der Waals surface area contributed by atoms with Crippen LogP contribution in [0.4, 0.5) is 11.4 Å². The molecule has 0 spiro atoms. The number of anilines is 2. The van der Waals surface area contributed by atoms with Crippen LogP contribution in [0.3, 0.4) is 0 Å². The van der Waals surface area contributed by atoms with Gasteiger partial charge in [0, 0.05) is 30.9 Å². The number of hydrogen-bond donors (Lipinski definition) is 1. The van der Waals surface area contributed by atoms with Crippen LogP contribution in [-0.2, 0) is 24.9 Å². The Morgan fingerprint density at radius 2 is 1.86 bits per heavy atom. The van der Waals surface area contributed by atoms with E-state index in [0.29, 0.717) is 23.5 Å². The van der Waals surface area contributed by atoms with Crippen molar-refractivity contribution < 1.29 is 13.6 Å². The molecule has 1 heterocycles. The number of aromatic nitrogens is 2. The van der Waals surface area contributed by atoms with Crippen molar-refractivity contribution in [3.05, 3.63) is 76.6 Å². The lowest BCUT2D eigenvalue weighted by molar-refractivity contribution is 0.0951. The molecule has 1 atom stereocenters. The van der Waals surface area contributed by atoms with Crippen LogP contribution in [0, 0.1) is 20.8 Å². The second-order valence-electron chi connectivity index (χ2n) is 6.94. The first-order chi connectivity index (χ1) is 13.8. The number of benzene rings is 2. The Kier molecular flexibility index (Phi) is 6.14. The zero-order valence-corrected chi connectivity index (χ0v) is 17.6. The summed E-state index contributed by atoms with van der Waals surface area (Å²) in [6.45, 7) is 5.97. The van der Waals surface area contributed by atoms with Gasteiger partial charge >= 0.3 is 0 Å². The van der Waals surface area contributed by atoms with Crippen LogP contribution in [0.5, 0.6) is 0 Å². The molecule has 1 aromatic heterocycles. The number of hydrogen-bond acceptors (Lipinski definition) is 4. The molecule has 8 heteroatoms. The van der Waals surface area contributed by atoms with Crippen LogP contribution in [0.1, 0.15) is 32.7 Å². The lowest BCUT2D eigenvalue weighted by Crippen LogP contribution is -2.24. The second kappa shape index (κ2) is 8.59. The molecular formula is C21H23N4O3S-. The highest BCUT2D eigenvalue weighted by atomic mass is 32.2. The molecule has 2 aromatic carbocycles. The van der Waals surface area contributed by atoms with Crippen LogP contribution in [0.25, 0.3) is 0 Å². The summed E-state index contributed by atoms with van der Waals surface area (Å²) in [6, 6.07) is 12.2. The third kappa shape index (κ3) is 4.72. The molecule has 0 radical (unpaired) electrons. The van der Waals surface area contributed by atoms with Gasteiger partial charge in [0.15, 0.2) is 0 Å². The Morgan fingerprint density at radius 1 is 1.17 bits per heavy atom. The molecule has 0 bridgehead atoms. The number of nitrogens with zero attached hydrogens (tertiary/aromatic N) is 3. The van der Waals surface area contributed by atoms with Gasteiger partial charge in [-0.25, -0.2) is 0 Å². The van der Waals surface area contributed by atoms with E-state index in [0.717, 1.165) is 22.4 Å². The standard InChI is InChI=1S/C21H24N4O3S/c1-14-5-9-19(10-6-14)25(29(27)28)20-11-17(8-7-15(20)2)21(26)22-12-18-13-24(4)23-16(18)3/h5-11,13H,12H2,1-4H3,(H,22,26)(H,27,28)/p-1. The molecule has 1 amide bonds. The summed E-state index contributed by atoms with van der Waals surface area (Å²) >= 11 is -2.54. The Labute approximate surface area is 172 Å². The van der Waals surface area contributed by atoms with Gasteiger partial charge in [-0.2, -0.15) is 5.10 Å². The fourth-order valence-corrected chi connectivity index (χ4v) is 3.71. The fraction of sp³-hybridized carbons (Fsp3) is 0.238. The number of carbonyl (C=O) groups is 1. The summed E-state index contributed by atoms with van der Waals surface area (Å²) < 4.78 is 26.9. The van der Waals surface area contributed by atoms with Crippen molar-refractivity contribution >= 4 is 28.5 Å². The van der Waals surface area contributed by atoms with Crippen molar-refractivity contribution in [1.82, 2.24) is 15.1 Å². The second-order valence-corrected chi connectivity index (χ2v) is 7.74. The van der Waals surface area contributed by atoms with E-state index in [1.54, 1.807) is 35.0 Å². The quantitative estimate of drug-likeness (QED) is 0.631. The van der Waals surface area contributed by atoms with Crippen LogP contribution in [0.15, 0.2) is 48.7 Å². The van der Waals surface area contributed by atoms with Gasteiger partial charge in [0.05, 0.1) is 28.3 Å². The minimum atomic E-state index is -2.54. The van der Waals surface area contributed by atoms with E-state index in [1.807, 2.05) is 46.1 Å². The molecule has 0 aliphatic carbocycles. The number of nitrogens with one attached hydrogen (secondary N) is 1. The van der Waals surface area contributed by atoms with Crippen molar-refractivity contribution in [2.45, 2.75) is 27.3 Å². The van der Waals surface area contributed by atoms with Gasteiger partial charge in [-0.1, -0.05) is 23.8 Å². The third-order valence-electron chi connectivity index (χ3n) is 4.66. The molecule has 0 aliphatic rings. The van der Waals surface area contributed by atoms with Gasteiger partial charge in [0.2, 0.25) is 0 Å². The van der Waals surface area contributed by atoms with Gasteiger partial charge in [-0.05, 0) is 50.6 Å². The van der Waals surface area contributed by atoms with E-state index in [1.165, 1.54) is 4.31 Å². The summed E-state index contributed by atoms with van der Waals surface area (Å²) in [7, 11) is 1.83. The Morgan fingerprint density at radius 3 is 2.45 bits per heavy atom. The van der Waals surface area contributed by atoms with Gasteiger partial charge in [-0.15, -0.1) is 0 Å². The summed E-state index contributed by atoms with van der Waals surface area (Å²) in [5.74, 6) is -0.282. The topological polar surface area (TPSA) is 90.3 Å². The van der Waals surface area contributed by atoms with Crippen molar-refractivity contribution in [2.24, 2.45) is 7.05 Å². The molecule has 29 heavy (non-hydrogen) atoms. The van der Waals surface area contributed by atoms with Gasteiger partial charge in [0.1, 0.15) is 0 Å². The third-order valence-corrected chi connectivity index (χ3v) is 5.37. The summed E-state index contributed by atoms with van der Waals surface area (Å²) in [5, 5.41) is 7.13. The molecule has 152 valence electrons. The maximum atomic E-state index is 12.7. The smallest absolute Gasteiger partial charge is 0.251 e. The molecule has 0 fully saturated rings. The van der Waals surface area contributed by atoms with Gasteiger partial charge < -0.3 is 9.87 Å². The SMILES string of the molecule is Cc1ccc(N(c2cc(C(=O)NCc3cn(C)nc3C)ccc2C)S(=O)[O-])cc1. The van der Waals surface area contributed by atoms with Crippen LogP contribution < -0.4 is 9.62 Å². The highest BCUT2D eigenvalue weighted by molar-refractivity contribution is 7.81. The van der Waals surface area contributed by atoms with E-state index in [9.17, 15) is 13.6 Å². The van der Waals surface area contributed by atoms with Crippen LogP contribution in [0.2, 0.25) is 0 Å². The van der Waals surface area contributed by atoms with E-state index in [-0.39, 0.29) is 5.91 Å².